The van der Waals surface area contributed by atoms with E-state index in [0.717, 1.165) is 0 Å². The summed E-state index contributed by atoms with van der Waals surface area (Å²) in [6, 6.07) is 13.8. The lowest BCUT2D eigenvalue weighted by Crippen LogP contribution is -2.31. The maximum absolute atomic E-state index is 13.0. The molecule has 7 heteroatoms. The van der Waals surface area contributed by atoms with E-state index in [4.69, 9.17) is 0 Å². The largest absolute Gasteiger partial charge is 0.508 e. The predicted octanol–water partition coefficient (Wildman–Crippen LogP) is 2.99. The number of amides is 1. The lowest BCUT2D eigenvalue weighted by Gasteiger charge is -2.24. The topological polar surface area (TPSA) is 121 Å². The first-order valence-corrected chi connectivity index (χ1v) is 8.44. The number of anilines is 1. The standard InChI is InChI=1S/C21H19NO6/c23-16-3-1-15(2-4-16)22(12-14-10-18(25)6-8-20(14)27)21(28)11-13-9-17(24)5-7-19(13)26/h1-10,23-27H,11-12H2. The van der Waals surface area contributed by atoms with Gasteiger partial charge in [-0.2, -0.15) is 0 Å². The number of phenols is 5. The highest BCUT2D eigenvalue weighted by Crippen LogP contribution is 2.29. The fourth-order valence-corrected chi connectivity index (χ4v) is 2.80. The Balaban J connectivity index is 1.95. The lowest BCUT2D eigenvalue weighted by atomic mass is 10.1. The fraction of sp³-hybridized carbons (Fsp3) is 0.0952. The molecular formula is C21H19NO6. The molecule has 0 aliphatic carbocycles. The van der Waals surface area contributed by atoms with E-state index >= 15 is 0 Å². The normalized spacial score (nSPS) is 10.6. The average molecular weight is 381 g/mol. The number of nitrogens with zero attached hydrogens (tertiary/aromatic N) is 1. The van der Waals surface area contributed by atoms with E-state index in [-0.39, 0.29) is 47.3 Å². The van der Waals surface area contributed by atoms with Gasteiger partial charge in [0.05, 0.1) is 13.0 Å². The van der Waals surface area contributed by atoms with Gasteiger partial charge in [0, 0.05) is 16.8 Å². The smallest absolute Gasteiger partial charge is 0.231 e. The van der Waals surface area contributed by atoms with E-state index in [1.54, 1.807) is 0 Å². The first-order chi connectivity index (χ1) is 13.3. The second-order valence-corrected chi connectivity index (χ2v) is 6.30. The van der Waals surface area contributed by atoms with Crippen LogP contribution in [0, 0.1) is 0 Å². The molecule has 0 heterocycles. The van der Waals surface area contributed by atoms with Crippen LogP contribution in [0.4, 0.5) is 5.69 Å². The fourth-order valence-electron chi connectivity index (χ4n) is 2.80. The molecule has 5 N–H and O–H groups in total. The van der Waals surface area contributed by atoms with Crippen LogP contribution in [-0.2, 0) is 17.8 Å². The van der Waals surface area contributed by atoms with E-state index in [1.807, 2.05) is 0 Å². The Bertz CT molecular complexity index is 1000. The van der Waals surface area contributed by atoms with Gasteiger partial charge in [-0.15, -0.1) is 0 Å². The molecule has 28 heavy (non-hydrogen) atoms. The van der Waals surface area contributed by atoms with E-state index in [9.17, 15) is 30.3 Å². The van der Waals surface area contributed by atoms with E-state index in [1.165, 1.54) is 65.6 Å². The Morgan fingerprint density at radius 3 is 1.79 bits per heavy atom. The van der Waals surface area contributed by atoms with Crippen molar-refractivity contribution >= 4 is 11.6 Å². The molecule has 0 unspecified atom stereocenters. The van der Waals surface area contributed by atoms with Crippen molar-refractivity contribution in [2.24, 2.45) is 0 Å². The van der Waals surface area contributed by atoms with Gasteiger partial charge in [0.15, 0.2) is 0 Å². The average Bonchev–Trinajstić information content (AvgIpc) is 2.66. The molecule has 0 saturated heterocycles. The van der Waals surface area contributed by atoms with Crippen LogP contribution in [0.1, 0.15) is 11.1 Å². The Kier molecular flexibility index (Phi) is 5.26. The number of aromatic hydroxyl groups is 5. The summed E-state index contributed by atoms with van der Waals surface area (Å²) in [6.45, 7) is -0.0522. The first-order valence-electron chi connectivity index (χ1n) is 8.44. The van der Waals surface area contributed by atoms with Crippen LogP contribution in [0.3, 0.4) is 0 Å². The maximum Gasteiger partial charge on any atom is 0.231 e. The molecule has 144 valence electrons. The molecule has 3 aromatic rings. The van der Waals surface area contributed by atoms with E-state index in [0.29, 0.717) is 11.3 Å². The van der Waals surface area contributed by atoms with Gasteiger partial charge in [0.1, 0.15) is 28.7 Å². The number of phenolic OH excluding ortho intramolecular Hbond substituents is 5. The molecule has 3 aromatic carbocycles. The summed E-state index contributed by atoms with van der Waals surface area (Å²) in [4.78, 5) is 14.3. The summed E-state index contributed by atoms with van der Waals surface area (Å²) in [5, 5.41) is 48.8. The lowest BCUT2D eigenvalue weighted by molar-refractivity contribution is -0.118. The van der Waals surface area contributed by atoms with Crippen molar-refractivity contribution in [2.75, 3.05) is 4.90 Å². The van der Waals surface area contributed by atoms with Crippen molar-refractivity contribution in [1.82, 2.24) is 0 Å². The Morgan fingerprint density at radius 1 is 0.679 bits per heavy atom. The minimum Gasteiger partial charge on any atom is -0.508 e. The SMILES string of the molecule is O=C(Cc1cc(O)ccc1O)N(Cc1cc(O)ccc1O)c1ccc(O)cc1. The summed E-state index contributed by atoms with van der Waals surface area (Å²) < 4.78 is 0. The van der Waals surface area contributed by atoms with Gasteiger partial charge in [0.2, 0.25) is 5.91 Å². The molecule has 0 radical (unpaired) electrons. The Morgan fingerprint density at radius 2 is 1.18 bits per heavy atom. The molecule has 0 spiro atoms. The van der Waals surface area contributed by atoms with Crippen LogP contribution in [0.2, 0.25) is 0 Å². The highest BCUT2D eigenvalue weighted by atomic mass is 16.3. The van der Waals surface area contributed by atoms with Crippen molar-refractivity contribution in [1.29, 1.82) is 0 Å². The molecule has 1 amide bonds. The van der Waals surface area contributed by atoms with Gasteiger partial charge in [-0.25, -0.2) is 0 Å². The summed E-state index contributed by atoms with van der Waals surface area (Å²) in [5.74, 6) is -0.748. The van der Waals surface area contributed by atoms with Crippen molar-refractivity contribution in [3.8, 4) is 28.7 Å². The summed E-state index contributed by atoms with van der Waals surface area (Å²) in [6.07, 6.45) is -0.208. The molecule has 0 aliphatic heterocycles. The van der Waals surface area contributed by atoms with Crippen LogP contribution in [-0.4, -0.2) is 31.4 Å². The number of benzene rings is 3. The van der Waals surface area contributed by atoms with Gasteiger partial charge in [-0.05, 0) is 60.7 Å². The third kappa shape index (κ3) is 4.27. The molecule has 0 saturated carbocycles. The highest BCUT2D eigenvalue weighted by molar-refractivity contribution is 5.95. The van der Waals surface area contributed by atoms with Crippen LogP contribution in [0.15, 0.2) is 60.7 Å². The third-order valence-electron chi connectivity index (χ3n) is 4.26. The first kappa shape index (κ1) is 18.9. The summed E-state index contributed by atoms with van der Waals surface area (Å²) in [5.41, 5.74) is 1.01. The van der Waals surface area contributed by atoms with E-state index in [2.05, 4.69) is 0 Å². The van der Waals surface area contributed by atoms with Crippen LogP contribution >= 0.6 is 0 Å². The Labute approximate surface area is 161 Å². The minimum atomic E-state index is -0.422. The molecule has 7 nitrogen and oxygen atoms in total. The number of carbonyl (C=O) groups excluding carboxylic acids is 1. The van der Waals surface area contributed by atoms with Gasteiger partial charge >= 0.3 is 0 Å². The van der Waals surface area contributed by atoms with Crippen LogP contribution < -0.4 is 4.90 Å². The predicted molar refractivity (Wildman–Crippen MR) is 103 cm³/mol. The van der Waals surface area contributed by atoms with Gasteiger partial charge in [-0.1, -0.05) is 0 Å². The zero-order chi connectivity index (χ0) is 20.3. The van der Waals surface area contributed by atoms with Crippen LogP contribution in [0.25, 0.3) is 0 Å². The van der Waals surface area contributed by atoms with Crippen molar-refractivity contribution < 1.29 is 30.3 Å². The summed E-state index contributed by atoms with van der Waals surface area (Å²) >= 11 is 0. The molecule has 0 aliphatic rings. The maximum atomic E-state index is 13.0. The number of hydrogen-bond donors (Lipinski definition) is 5. The molecular weight excluding hydrogens is 362 g/mol. The van der Waals surface area contributed by atoms with Crippen molar-refractivity contribution in [3.63, 3.8) is 0 Å². The number of hydrogen-bond acceptors (Lipinski definition) is 6. The molecule has 0 aromatic heterocycles. The quantitative estimate of drug-likeness (QED) is 0.433. The number of rotatable bonds is 5. The number of carbonyl (C=O) groups is 1. The van der Waals surface area contributed by atoms with Gasteiger partial charge < -0.3 is 30.4 Å². The molecule has 0 atom stereocenters. The zero-order valence-corrected chi connectivity index (χ0v) is 14.8. The van der Waals surface area contributed by atoms with Crippen LogP contribution in [0.5, 0.6) is 28.7 Å². The highest BCUT2D eigenvalue weighted by Gasteiger charge is 2.20. The monoisotopic (exact) mass is 381 g/mol. The third-order valence-corrected chi connectivity index (χ3v) is 4.26. The second kappa shape index (κ2) is 7.79. The molecule has 0 bridgehead atoms. The van der Waals surface area contributed by atoms with E-state index < -0.39 is 5.91 Å². The van der Waals surface area contributed by atoms with Crippen molar-refractivity contribution in [3.05, 3.63) is 71.8 Å². The Hall–Kier alpha value is -3.87. The van der Waals surface area contributed by atoms with Gasteiger partial charge in [-0.3, -0.25) is 4.79 Å². The second-order valence-electron chi connectivity index (χ2n) is 6.30. The minimum absolute atomic E-state index is 0.0296. The van der Waals surface area contributed by atoms with Crippen molar-refractivity contribution in [2.45, 2.75) is 13.0 Å². The summed E-state index contributed by atoms with van der Waals surface area (Å²) in [7, 11) is 0. The van der Waals surface area contributed by atoms with Gasteiger partial charge in [0.25, 0.3) is 0 Å². The molecule has 0 fully saturated rings. The zero-order valence-electron chi connectivity index (χ0n) is 14.8. The molecule has 3 rings (SSSR count).